The first-order chi connectivity index (χ1) is 6.39. The van der Waals surface area contributed by atoms with Crippen LogP contribution in [-0.2, 0) is 9.47 Å². The Labute approximate surface area is 94.4 Å². The minimum atomic E-state index is -3.52. The predicted octanol–water partition coefficient (Wildman–Crippen LogP) is 0.423. The van der Waals surface area contributed by atoms with Gasteiger partial charge in [-0.2, -0.15) is 0 Å². The molecular weight excluding hydrogens is 395 g/mol. The molecule has 0 aliphatic carbocycles. The van der Waals surface area contributed by atoms with Crippen molar-refractivity contribution in [3.8, 4) is 0 Å². The van der Waals surface area contributed by atoms with E-state index >= 15 is 0 Å². The van der Waals surface area contributed by atoms with Crippen LogP contribution in [0, 0.1) is 0 Å². The Hall–Kier alpha value is 0.133. The van der Waals surface area contributed by atoms with Gasteiger partial charge in [0.2, 0.25) is 0 Å². The summed E-state index contributed by atoms with van der Waals surface area (Å²) in [6, 6.07) is 0. The van der Waals surface area contributed by atoms with E-state index in [2.05, 4.69) is 9.47 Å². The molecule has 0 saturated carbocycles. The molecule has 2 unspecified atom stereocenters. The summed E-state index contributed by atoms with van der Waals surface area (Å²) in [5, 5.41) is 8.89. The summed E-state index contributed by atoms with van der Waals surface area (Å²) in [6.07, 6.45) is -4.54. The van der Waals surface area contributed by atoms with Crippen molar-refractivity contribution in [2.24, 2.45) is 0 Å². The van der Waals surface area contributed by atoms with E-state index in [0.717, 1.165) is 0 Å². The Morgan fingerprint density at radius 2 is 2.29 bits per heavy atom. The number of carbonyl (C=O) groups excluding carboxylic acids is 1. The van der Waals surface area contributed by atoms with Crippen LogP contribution in [0.3, 0.4) is 0 Å². The fraction of sp³-hybridized carbons (Fsp3) is 0.857. The Morgan fingerprint density at radius 1 is 1.71 bits per heavy atom. The standard InChI is InChI=1S/C7H9F2O4.Bi/c1-2-4-5(12-3-10)7(8,9)6(11)13-4;/h4-6,11H,2H2,1H3;/t4-,5?,6?;/m1./s1. The SMILES string of the molecule is CC[C@H]1OC(O)C(F)(F)C1O[C](=O)[Bi]. The van der Waals surface area contributed by atoms with E-state index in [0.29, 0.717) is 0 Å². The first kappa shape index (κ1) is 12.2. The molecule has 4 nitrogen and oxygen atoms in total. The van der Waals surface area contributed by atoms with Gasteiger partial charge in [0.05, 0.1) is 0 Å². The van der Waals surface area contributed by atoms with E-state index in [1.807, 2.05) is 0 Å². The summed E-state index contributed by atoms with van der Waals surface area (Å²) in [4.78, 5) is 10.6. The van der Waals surface area contributed by atoms with E-state index in [-0.39, 0.29) is 31.1 Å². The second-order valence-electron chi connectivity index (χ2n) is 2.91. The Balaban J connectivity index is 2.80. The molecule has 1 saturated heterocycles. The van der Waals surface area contributed by atoms with Crippen molar-refractivity contribution < 1.29 is 28.2 Å². The van der Waals surface area contributed by atoms with Crippen molar-refractivity contribution in [3.63, 3.8) is 0 Å². The van der Waals surface area contributed by atoms with E-state index in [9.17, 15) is 13.6 Å². The zero-order valence-electron chi connectivity index (χ0n) is 7.31. The number of hydrogen-bond donors (Lipinski definition) is 1. The number of aliphatic hydroxyl groups excluding tert-OH is 1. The molecule has 1 aliphatic heterocycles. The van der Waals surface area contributed by atoms with Crippen LogP contribution in [-0.4, -0.2) is 57.9 Å². The molecule has 1 fully saturated rings. The van der Waals surface area contributed by atoms with Gasteiger partial charge in [0.1, 0.15) is 0 Å². The van der Waals surface area contributed by atoms with Gasteiger partial charge in [-0.05, 0) is 0 Å². The van der Waals surface area contributed by atoms with Gasteiger partial charge in [-0.25, -0.2) is 0 Å². The number of ether oxygens (including phenoxy) is 2. The number of halogens is 2. The van der Waals surface area contributed by atoms with Crippen LogP contribution in [0.2, 0.25) is 0 Å². The number of carbonyl (C=O) groups is 1. The maximum atomic E-state index is 13.2. The van der Waals surface area contributed by atoms with Gasteiger partial charge in [-0.1, -0.05) is 0 Å². The number of aliphatic hydroxyl groups is 1. The summed E-state index contributed by atoms with van der Waals surface area (Å²) < 4.78 is 34.7. The number of rotatable bonds is 2. The molecule has 0 amide bonds. The summed E-state index contributed by atoms with van der Waals surface area (Å²) in [7, 11) is 0. The van der Waals surface area contributed by atoms with Gasteiger partial charge < -0.3 is 0 Å². The molecule has 1 rings (SSSR count). The van der Waals surface area contributed by atoms with Crippen LogP contribution in [0.1, 0.15) is 13.3 Å². The van der Waals surface area contributed by atoms with Crippen molar-refractivity contribution in [2.45, 2.75) is 37.8 Å². The van der Waals surface area contributed by atoms with Gasteiger partial charge >= 0.3 is 94.3 Å². The Bertz CT molecular complexity index is 236. The number of alkyl halides is 2. The second kappa shape index (κ2) is 4.33. The van der Waals surface area contributed by atoms with Crippen molar-refractivity contribution in [1.29, 1.82) is 0 Å². The van der Waals surface area contributed by atoms with Gasteiger partial charge in [0, 0.05) is 0 Å². The number of hydrogen-bond acceptors (Lipinski definition) is 4. The summed E-state index contributed by atoms with van der Waals surface area (Å²) >= 11 is 0.238. The summed E-state index contributed by atoms with van der Waals surface area (Å²) in [5.74, 6) is -3.52. The quantitative estimate of drug-likeness (QED) is 0.679. The molecule has 1 aliphatic rings. The molecule has 1 N–H and O–H groups in total. The van der Waals surface area contributed by atoms with Gasteiger partial charge in [0.15, 0.2) is 0 Å². The van der Waals surface area contributed by atoms with Crippen LogP contribution >= 0.6 is 0 Å². The van der Waals surface area contributed by atoms with Crippen molar-refractivity contribution in [2.75, 3.05) is 0 Å². The maximum absolute atomic E-state index is 13.2. The van der Waals surface area contributed by atoms with Crippen molar-refractivity contribution in [1.82, 2.24) is 0 Å². The van der Waals surface area contributed by atoms with E-state index in [1.165, 1.54) is 0 Å². The molecule has 80 valence electrons. The molecule has 0 spiro atoms. The zero-order valence-corrected chi connectivity index (χ0v) is 10.8. The first-order valence-corrected chi connectivity index (χ1v) is 5.74. The van der Waals surface area contributed by atoms with Crippen LogP contribution in [0.15, 0.2) is 0 Å². The third kappa shape index (κ3) is 2.20. The molecule has 0 bridgehead atoms. The fourth-order valence-electron chi connectivity index (χ4n) is 1.29. The molecule has 7 heteroatoms. The first-order valence-electron chi connectivity index (χ1n) is 4.00. The molecule has 0 aromatic rings. The Morgan fingerprint density at radius 3 is 2.71 bits per heavy atom. The average Bonchev–Trinajstić information content (AvgIpc) is 2.28. The molecule has 0 aromatic heterocycles. The third-order valence-electron chi connectivity index (χ3n) is 1.98. The van der Waals surface area contributed by atoms with Crippen molar-refractivity contribution in [3.05, 3.63) is 0 Å². The molecule has 0 aromatic carbocycles. The molecule has 14 heavy (non-hydrogen) atoms. The van der Waals surface area contributed by atoms with E-state index < -0.39 is 28.1 Å². The zero-order chi connectivity index (χ0) is 10.9. The molecule has 3 atom stereocenters. The predicted molar refractivity (Wildman–Crippen MR) is 42.1 cm³/mol. The van der Waals surface area contributed by atoms with Crippen LogP contribution in [0.5, 0.6) is 0 Å². The van der Waals surface area contributed by atoms with Gasteiger partial charge in [-0.3, -0.25) is 0 Å². The van der Waals surface area contributed by atoms with Crippen LogP contribution in [0.25, 0.3) is 0 Å². The third-order valence-corrected chi connectivity index (χ3v) is 2.39. The monoisotopic (exact) mass is 404 g/mol. The summed E-state index contributed by atoms with van der Waals surface area (Å²) in [6.45, 7) is 1.62. The van der Waals surface area contributed by atoms with E-state index in [4.69, 9.17) is 5.11 Å². The second-order valence-corrected chi connectivity index (χ2v) is 4.33. The summed E-state index contributed by atoms with van der Waals surface area (Å²) in [5.41, 5.74) is 0. The normalized spacial score (nSPS) is 35.6. The topological polar surface area (TPSA) is 55.8 Å². The van der Waals surface area contributed by atoms with Crippen LogP contribution in [0.4, 0.5) is 13.6 Å². The van der Waals surface area contributed by atoms with Crippen LogP contribution < -0.4 is 0 Å². The van der Waals surface area contributed by atoms with Crippen molar-refractivity contribution >= 4 is 28.4 Å². The molecule has 1 heterocycles. The average molecular weight is 404 g/mol. The van der Waals surface area contributed by atoms with Gasteiger partial charge in [-0.15, -0.1) is 0 Å². The fourth-order valence-corrected chi connectivity index (χ4v) is 1.73. The van der Waals surface area contributed by atoms with Gasteiger partial charge in [0.25, 0.3) is 0 Å². The Kier molecular flexibility index (Phi) is 3.77. The molecular formula is C7H9BiF2O4. The minimum absolute atomic E-state index is 0.238. The molecule has 2 radical (unpaired) electrons. The van der Waals surface area contributed by atoms with E-state index in [1.54, 1.807) is 6.92 Å².